The topological polar surface area (TPSA) is 67.2 Å². The molecule has 2 N–H and O–H groups in total. The third-order valence-corrected chi connectivity index (χ3v) is 1.73. The van der Waals surface area contributed by atoms with Gasteiger partial charge in [-0.2, -0.15) is 0 Å². The average Bonchev–Trinajstić information content (AvgIpc) is 2.47. The normalized spacial score (nSPS) is 10.5. The first-order valence-electron chi connectivity index (χ1n) is 4.06. The Morgan fingerprint density at radius 1 is 1.69 bits per heavy atom. The molecule has 0 saturated carbocycles. The molecule has 72 valence electrons. The lowest BCUT2D eigenvalue weighted by molar-refractivity contribution is 0.0691. The summed E-state index contributed by atoms with van der Waals surface area (Å²) in [6, 6.07) is 0.197. The molecule has 0 aliphatic carbocycles. The average molecular weight is 183 g/mol. The zero-order valence-corrected chi connectivity index (χ0v) is 7.90. The first-order chi connectivity index (χ1) is 6.06. The molecule has 0 spiro atoms. The summed E-state index contributed by atoms with van der Waals surface area (Å²) in [5, 5.41) is 11.5. The van der Waals surface area contributed by atoms with Crippen molar-refractivity contribution in [2.75, 3.05) is 12.4 Å². The maximum Gasteiger partial charge on any atom is 0.356 e. The number of imidazole rings is 1. The van der Waals surface area contributed by atoms with Gasteiger partial charge in [0.2, 0.25) is 5.95 Å². The number of carboxylic acids is 1. The van der Waals surface area contributed by atoms with Crippen molar-refractivity contribution in [1.29, 1.82) is 0 Å². The van der Waals surface area contributed by atoms with Gasteiger partial charge in [0.15, 0.2) is 5.69 Å². The number of aromatic carboxylic acids is 1. The Hall–Kier alpha value is -1.52. The van der Waals surface area contributed by atoms with Crippen LogP contribution in [0.15, 0.2) is 6.20 Å². The highest BCUT2D eigenvalue weighted by molar-refractivity contribution is 5.85. The van der Waals surface area contributed by atoms with Crippen molar-refractivity contribution in [3.8, 4) is 0 Å². The first-order valence-corrected chi connectivity index (χ1v) is 4.06. The van der Waals surface area contributed by atoms with Gasteiger partial charge in [-0.15, -0.1) is 0 Å². The van der Waals surface area contributed by atoms with Crippen LogP contribution in [-0.4, -0.2) is 27.7 Å². The summed E-state index contributed by atoms with van der Waals surface area (Å²) in [6.07, 6.45) is 1.53. The van der Waals surface area contributed by atoms with E-state index in [4.69, 9.17) is 5.11 Å². The van der Waals surface area contributed by atoms with E-state index in [2.05, 4.69) is 10.3 Å². The Morgan fingerprint density at radius 3 is 2.62 bits per heavy atom. The lowest BCUT2D eigenvalue weighted by Gasteiger charge is -2.09. The summed E-state index contributed by atoms with van der Waals surface area (Å²) in [4.78, 5) is 14.5. The summed E-state index contributed by atoms with van der Waals surface area (Å²) in [6.45, 7) is 3.93. The van der Waals surface area contributed by atoms with Crippen LogP contribution >= 0.6 is 0 Å². The van der Waals surface area contributed by atoms with Crippen LogP contribution in [0.4, 0.5) is 5.95 Å². The molecule has 1 aromatic rings. The third kappa shape index (κ3) is 1.80. The second-order valence-electron chi connectivity index (χ2n) is 3.01. The van der Waals surface area contributed by atoms with Gasteiger partial charge in [0, 0.05) is 19.3 Å². The van der Waals surface area contributed by atoms with Gasteiger partial charge in [0.1, 0.15) is 0 Å². The van der Waals surface area contributed by atoms with E-state index < -0.39 is 5.97 Å². The molecule has 0 fully saturated rings. The highest BCUT2D eigenvalue weighted by Crippen LogP contribution is 2.14. The maximum absolute atomic E-state index is 10.6. The minimum absolute atomic E-state index is 0.0676. The molecular formula is C8H13N3O2. The monoisotopic (exact) mass is 183 g/mol. The van der Waals surface area contributed by atoms with Gasteiger partial charge in [-0.1, -0.05) is 0 Å². The second-order valence-corrected chi connectivity index (χ2v) is 3.01. The molecular weight excluding hydrogens is 170 g/mol. The molecule has 0 amide bonds. The smallest absolute Gasteiger partial charge is 0.356 e. The van der Waals surface area contributed by atoms with E-state index in [1.54, 1.807) is 11.6 Å². The molecule has 5 heteroatoms. The van der Waals surface area contributed by atoms with E-state index >= 15 is 0 Å². The van der Waals surface area contributed by atoms with E-state index in [0.717, 1.165) is 0 Å². The number of aromatic nitrogens is 2. The van der Waals surface area contributed by atoms with Crippen molar-refractivity contribution in [3.05, 3.63) is 11.9 Å². The van der Waals surface area contributed by atoms with Crippen LogP contribution in [0, 0.1) is 0 Å². The molecule has 5 nitrogen and oxygen atoms in total. The Labute approximate surface area is 76.4 Å². The Balaban J connectivity index is 3.11. The zero-order chi connectivity index (χ0) is 10.0. The van der Waals surface area contributed by atoms with Crippen molar-refractivity contribution in [2.45, 2.75) is 19.9 Å². The standard InChI is InChI=1S/C8H13N3O2/c1-5(2)11-4-6(7(12)13)10-8(11)9-3/h4-5H,1-3H3,(H,9,10)(H,12,13). The quantitative estimate of drug-likeness (QED) is 0.739. The molecule has 1 aromatic heterocycles. The van der Waals surface area contributed by atoms with Crippen LogP contribution in [0.2, 0.25) is 0 Å². The van der Waals surface area contributed by atoms with Gasteiger partial charge in [-0.05, 0) is 13.8 Å². The molecule has 0 saturated heterocycles. The van der Waals surface area contributed by atoms with E-state index in [1.165, 1.54) is 6.20 Å². The van der Waals surface area contributed by atoms with E-state index in [0.29, 0.717) is 5.95 Å². The minimum Gasteiger partial charge on any atom is -0.476 e. The fraction of sp³-hybridized carbons (Fsp3) is 0.500. The van der Waals surface area contributed by atoms with Crippen LogP contribution in [0.25, 0.3) is 0 Å². The van der Waals surface area contributed by atoms with Crippen LogP contribution in [0.5, 0.6) is 0 Å². The molecule has 0 bridgehead atoms. The number of hydrogen-bond donors (Lipinski definition) is 2. The summed E-state index contributed by atoms with van der Waals surface area (Å²) in [5.41, 5.74) is 0.0676. The molecule has 1 rings (SSSR count). The van der Waals surface area contributed by atoms with Crippen LogP contribution in [0.1, 0.15) is 30.4 Å². The molecule has 0 radical (unpaired) electrons. The Morgan fingerprint density at radius 2 is 2.31 bits per heavy atom. The minimum atomic E-state index is -1.00. The van der Waals surface area contributed by atoms with Crippen LogP contribution in [-0.2, 0) is 0 Å². The number of anilines is 1. The van der Waals surface area contributed by atoms with Gasteiger partial charge in [-0.25, -0.2) is 9.78 Å². The number of nitrogens with one attached hydrogen (secondary N) is 1. The first kappa shape index (κ1) is 9.57. The van der Waals surface area contributed by atoms with Crippen LogP contribution in [0.3, 0.4) is 0 Å². The zero-order valence-electron chi connectivity index (χ0n) is 7.90. The van der Waals surface area contributed by atoms with Gasteiger partial charge >= 0.3 is 5.97 Å². The molecule has 0 aliphatic rings. The summed E-state index contributed by atoms with van der Waals surface area (Å²) >= 11 is 0. The Bertz CT molecular complexity index is 317. The van der Waals surface area contributed by atoms with Gasteiger partial charge in [0.05, 0.1) is 0 Å². The fourth-order valence-electron chi connectivity index (χ4n) is 1.08. The number of nitrogens with zero attached hydrogens (tertiary/aromatic N) is 2. The largest absolute Gasteiger partial charge is 0.476 e. The highest BCUT2D eigenvalue weighted by atomic mass is 16.4. The summed E-state index contributed by atoms with van der Waals surface area (Å²) in [7, 11) is 1.72. The predicted molar refractivity (Wildman–Crippen MR) is 49.1 cm³/mol. The third-order valence-electron chi connectivity index (χ3n) is 1.73. The molecule has 0 atom stereocenters. The van der Waals surface area contributed by atoms with Crippen LogP contribution < -0.4 is 5.32 Å². The van der Waals surface area contributed by atoms with Crippen molar-refractivity contribution in [1.82, 2.24) is 9.55 Å². The lowest BCUT2D eigenvalue weighted by atomic mass is 10.4. The SMILES string of the molecule is CNc1nc(C(=O)O)cn1C(C)C. The van der Waals surface area contributed by atoms with Crippen molar-refractivity contribution in [3.63, 3.8) is 0 Å². The Kier molecular flexibility index (Phi) is 2.55. The number of hydrogen-bond acceptors (Lipinski definition) is 3. The van der Waals surface area contributed by atoms with Crippen molar-refractivity contribution in [2.24, 2.45) is 0 Å². The number of rotatable bonds is 3. The van der Waals surface area contributed by atoms with E-state index in [-0.39, 0.29) is 11.7 Å². The van der Waals surface area contributed by atoms with E-state index in [9.17, 15) is 4.79 Å². The van der Waals surface area contributed by atoms with Gasteiger partial charge in [0.25, 0.3) is 0 Å². The van der Waals surface area contributed by atoms with Gasteiger partial charge in [-0.3, -0.25) is 0 Å². The summed E-state index contributed by atoms with van der Waals surface area (Å²) < 4.78 is 1.78. The fourth-order valence-corrected chi connectivity index (χ4v) is 1.08. The number of carbonyl (C=O) groups is 1. The second kappa shape index (κ2) is 3.47. The predicted octanol–water partition coefficient (Wildman–Crippen LogP) is 1.20. The molecule has 0 aliphatic heterocycles. The molecule has 0 aromatic carbocycles. The summed E-state index contributed by atoms with van der Waals surface area (Å²) in [5.74, 6) is -0.427. The lowest BCUT2D eigenvalue weighted by Crippen LogP contribution is -2.04. The molecule has 13 heavy (non-hydrogen) atoms. The van der Waals surface area contributed by atoms with Gasteiger partial charge < -0.3 is 15.0 Å². The van der Waals surface area contributed by atoms with Crippen molar-refractivity contribution < 1.29 is 9.90 Å². The van der Waals surface area contributed by atoms with Crippen molar-refractivity contribution >= 4 is 11.9 Å². The maximum atomic E-state index is 10.6. The number of carboxylic acid groups (broad SMARTS) is 1. The molecule has 0 unspecified atom stereocenters. The van der Waals surface area contributed by atoms with E-state index in [1.807, 2.05) is 13.8 Å². The highest BCUT2D eigenvalue weighted by Gasteiger charge is 2.13. The molecule has 1 heterocycles.